The predicted octanol–water partition coefficient (Wildman–Crippen LogP) is 7.61. The van der Waals surface area contributed by atoms with Crippen LogP contribution in [0.1, 0.15) is 5.56 Å². The molecule has 0 amide bonds. The molecule has 0 radical (unpaired) electrons. The first kappa shape index (κ1) is 21.6. The van der Waals surface area contributed by atoms with Gasteiger partial charge in [0.25, 0.3) is 0 Å². The van der Waals surface area contributed by atoms with Gasteiger partial charge in [-0.25, -0.2) is 0 Å². The molecule has 0 saturated carbocycles. The minimum absolute atomic E-state index is 0.856. The Morgan fingerprint density at radius 3 is 1.49 bits per heavy atom. The summed E-state index contributed by atoms with van der Waals surface area (Å²) in [6.07, 6.45) is 0. The molecule has 35 heavy (non-hydrogen) atoms. The molecule has 1 nitrogen and oxygen atoms in total. The van der Waals surface area contributed by atoms with Crippen LogP contribution in [-0.4, -0.2) is 0 Å². The zero-order chi connectivity index (χ0) is 23.8. The maximum Gasteiger partial charge on any atom is 0.171 e. The Bertz CT molecular complexity index is 1620. The van der Waals surface area contributed by atoms with Gasteiger partial charge in [-0.2, -0.15) is 0 Å². The molecule has 0 aliphatic carbocycles. The van der Waals surface area contributed by atoms with E-state index in [-0.39, 0.29) is 0 Å². The fourth-order valence-electron chi connectivity index (χ4n) is 5.15. The Morgan fingerprint density at radius 1 is 0.486 bits per heavy atom. The minimum Gasteiger partial charge on any atom is -0.309 e. The van der Waals surface area contributed by atoms with Crippen molar-refractivity contribution < 1.29 is 4.57 Å². The SMILES string of the molecule is Cc1cc(P(=O)(c2ccccc2)c2ccccc2)ccc1-c1c2ccccc2cc2ccccc12. The summed E-state index contributed by atoms with van der Waals surface area (Å²) in [6.45, 7) is 2.13. The highest BCUT2D eigenvalue weighted by molar-refractivity contribution is 7.85. The number of rotatable bonds is 4. The Hall–Kier alpha value is -3.93. The summed E-state index contributed by atoms with van der Waals surface area (Å²) in [6, 6.07) is 45.5. The molecule has 0 aliphatic rings. The van der Waals surface area contributed by atoms with Crippen LogP contribution in [0.25, 0.3) is 32.7 Å². The Morgan fingerprint density at radius 2 is 0.971 bits per heavy atom. The maximum atomic E-state index is 14.8. The van der Waals surface area contributed by atoms with Crippen molar-refractivity contribution in [2.75, 3.05) is 0 Å². The van der Waals surface area contributed by atoms with Gasteiger partial charge in [0.15, 0.2) is 7.14 Å². The molecule has 0 aromatic heterocycles. The van der Waals surface area contributed by atoms with E-state index >= 15 is 0 Å². The van der Waals surface area contributed by atoms with E-state index in [2.05, 4.69) is 79.7 Å². The van der Waals surface area contributed by atoms with Gasteiger partial charge in [0.1, 0.15) is 0 Å². The lowest BCUT2D eigenvalue weighted by molar-refractivity contribution is 0.592. The summed E-state index contributed by atoms with van der Waals surface area (Å²) in [5.74, 6) is 0. The summed E-state index contributed by atoms with van der Waals surface area (Å²) < 4.78 is 14.8. The molecule has 0 aliphatic heterocycles. The molecule has 6 aromatic carbocycles. The van der Waals surface area contributed by atoms with Crippen molar-refractivity contribution in [2.24, 2.45) is 0 Å². The van der Waals surface area contributed by atoms with Gasteiger partial charge < -0.3 is 4.57 Å². The summed E-state index contributed by atoms with van der Waals surface area (Å²) in [4.78, 5) is 0. The molecule has 0 bridgehead atoms. The van der Waals surface area contributed by atoms with Crippen LogP contribution in [0.3, 0.4) is 0 Å². The second-order valence-corrected chi connectivity index (χ2v) is 11.7. The van der Waals surface area contributed by atoms with Gasteiger partial charge in [-0.05, 0) is 57.3 Å². The molecule has 168 valence electrons. The fourth-order valence-corrected chi connectivity index (χ4v) is 7.89. The molecule has 0 N–H and O–H groups in total. The molecular formula is C33H25OP. The molecular weight excluding hydrogens is 443 g/mol. The van der Waals surface area contributed by atoms with Gasteiger partial charge in [0.05, 0.1) is 0 Å². The van der Waals surface area contributed by atoms with E-state index in [1.54, 1.807) is 0 Å². The van der Waals surface area contributed by atoms with Crippen molar-refractivity contribution in [3.05, 3.63) is 139 Å². The zero-order valence-corrected chi connectivity index (χ0v) is 20.5. The molecule has 0 spiro atoms. The number of aryl methyl sites for hydroxylation is 1. The first-order chi connectivity index (χ1) is 17.2. The second kappa shape index (κ2) is 8.69. The van der Waals surface area contributed by atoms with E-state index < -0.39 is 7.14 Å². The second-order valence-electron chi connectivity index (χ2n) is 8.97. The molecule has 6 rings (SSSR count). The van der Waals surface area contributed by atoms with Crippen LogP contribution in [0.4, 0.5) is 0 Å². The number of hydrogen-bond donors (Lipinski definition) is 0. The summed E-state index contributed by atoms with van der Waals surface area (Å²) >= 11 is 0. The summed E-state index contributed by atoms with van der Waals surface area (Å²) in [5.41, 5.74) is 3.53. The summed E-state index contributed by atoms with van der Waals surface area (Å²) in [5, 5.41) is 7.49. The molecule has 0 unspecified atom stereocenters. The number of benzene rings is 6. The highest BCUT2D eigenvalue weighted by atomic mass is 31.2. The van der Waals surface area contributed by atoms with Gasteiger partial charge in [0, 0.05) is 15.9 Å². The van der Waals surface area contributed by atoms with Crippen LogP contribution in [0, 0.1) is 6.92 Å². The standard InChI is InChI=1S/C33H25OP/c1-24-22-29(35(34,27-14-4-2-5-15-27)28-16-6-3-7-17-28)20-21-30(24)33-31-18-10-8-12-25(31)23-26-13-9-11-19-32(26)33/h2-23H,1H3. The van der Waals surface area contributed by atoms with E-state index in [1.165, 1.54) is 32.7 Å². The lowest BCUT2D eigenvalue weighted by Crippen LogP contribution is -2.25. The van der Waals surface area contributed by atoms with Gasteiger partial charge in [-0.15, -0.1) is 0 Å². The van der Waals surface area contributed by atoms with E-state index in [0.717, 1.165) is 21.5 Å². The Labute approximate surface area is 206 Å². The van der Waals surface area contributed by atoms with Crippen LogP contribution in [0.15, 0.2) is 133 Å². The van der Waals surface area contributed by atoms with Crippen molar-refractivity contribution in [3.8, 4) is 11.1 Å². The van der Waals surface area contributed by atoms with Crippen molar-refractivity contribution in [2.45, 2.75) is 6.92 Å². The van der Waals surface area contributed by atoms with Gasteiger partial charge >= 0.3 is 0 Å². The van der Waals surface area contributed by atoms with Crippen LogP contribution in [-0.2, 0) is 4.57 Å². The van der Waals surface area contributed by atoms with Crippen LogP contribution in [0.5, 0.6) is 0 Å². The third-order valence-corrected chi connectivity index (χ3v) is 9.91. The van der Waals surface area contributed by atoms with Gasteiger partial charge in [0.2, 0.25) is 0 Å². The van der Waals surface area contributed by atoms with E-state index in [9.17, 15) is 4.57 Å². The third kappa shape index (κ3) is 3.60. The monoisotopic (exact) mass is 468 g/mol. The van der Waals surface area contributed by atoms with E-state index in [1.807, 2.05) is 60.7 Å². The predicted molar refractivity (Wildman–Crippen MR) is 151 cm³/mol. The van der Waals surface area contributed by atoms with Gasteiger partial charge in [-0.3, -0.25) is 0 Å². The van der Waals surface area contributed by atoms with Crippen molar-refractivity contribution >= 4 is 44.6 Å². The minimum atomic E-state index is -3.01. The fraction of sp³-hybridized carbons (Fsp3) is 0.0303. The quantitative estimate of drug-likeness (QED) is 0.192. The lowest BCUT2D eigenvalue weighted by atomic mass is 9.90. The van der Waals surface area contributed by atoms with E-state index in [4.69, 9.17) is 0 Å². The van der Waals surface area contributed by atoms with Crippen molar-refractivity contribution in [1.82, 2.24) is 0 Å². The molecule has 0 saturated heterocycles. The van der Waals surface area contributed by atoms with Crippen molar-refractivity contribution in [1.29, 1.82) is 0 Å². The average Bonchev–Trinajstić information content (AvgIpc) is 2.92. The molecule has 0 atom stereocenters. The first-order valence-electron chi connectivity index (χ1n) is 11.9. The molecule has 0 fully saturated rings. The molecule has 0 heterocycles. The number of fused-ring (bicyclic) bond motifs is 2. The largest absolute Gasteiger partial charge is 0.309 e. The lowest BCUT2D eigenvalue weighted by Gasteiger charge is -2.22. The first-order valence-corrected chi connectivity index (χ1v) is 13.6. The smallest absolute Gasteiger partial charge is 0.171 e. The van der Waals surface area contributed by atoms with Crippen LogP contribution < -0.4 is 15.9 Å². The number of hydrogen-bond acceptors (Lipinski definition) is 1. The normalized spacial score (nSPS) is 11.7. The highest BCUT2D eigenvalue weighted by Gasteiger charge is 2.30. The van der Waals surface area contributed by atoms with Crippen LogP contribution >= 0.6 is 7.14 Å². The maximum absolute atomic E-state index is 14.8. The van der Waals surface area contributed by atoms with Crippen molar-refractivity contribution in [3.63, 3.8) is 0 Å². The van der Waals surface area contributed by atoms with Gasteiger partial charge in [-0.1, -0.05) is 121 Å². The molecule has 2 heteroatoms. The Kier molecular flexibility index (Phi) is 5.36. The molecule has 6 aromatic rings. The topological polar surface area (TPSA) is 17.1 Å². The van der Waals surface area contributed by atoms with Crippen LogP contribution in [0.2, 0.25) is 0 Å². The average molecular weight is 469 g/mol. The zero-order valence-electron chi connectivity index (χ0n) is 19.6. The summed E-state index contributed by atoms with van der Waals surface area (Å²) in [7, 11) is -3.01. The van der Waals surface area contributed by atoms with E-state index in [0.29, 0.717) is 0 Å². The highest BCUT2D eigenvalue weighted by Crippen LogP contribution is 2.44. The third-order valence-electron chi connectivity index (χ3n) is 6.85. The Balaban J connectivity index is 1.61.